The van der Waals surface area contributed by atoms with Crippen molar-refractivity contribution in [3.05, 3.63) is 143 Å². The molecule has 0 radical (unpaired) electrons. The van der Waals surface area contributed by atoms with Gasteiger partial charge in [-0.05, 0) is 188 Å². The van der Waals surface area contributed by atoms with Crippen LogP contribution in [0.25, 0.3) is 11.1 Å². The van der Waals surface area contributed by atoms with Gasteiger partial charge in [0.1, 0.15) is 42.8 Å². The average molecular weight is 1260 g/mol. The van der Waals surface area contributed by atoms with E-state index in [4.69, 9.17) is 34.5 Å². The zero-order chi connectivity index (χ0) is 65.9. The lowest BCUT2D eigenvalue weighted by Gasteiger charge is -2.18. The van der Waals surface area contributed by atoms with Crippen molar-refractivity contribution in [2.45, 2.75) is 249 Å². The van der Waals surface area contributed by atoms with Crippen LogP contribution in [-0.2, 0) is 38.1 Å². The Balaban J connectivity index is 0.000000284. The molecule has 0 fully saturated rings. The molecule has 0 saturated heterocycles. The number of hydrogen-bond donors (Lipinski definition) is 5. The number of nitrogens with one attached hydrogen (secondary N) is 1. The molecule has 5 aliphatic carbocycles. The van der Waals surface area contributed by atoms with Gasteiger partial charge in [-0.1, -0.05) is 137 Å². The van der Waals surface area contributed by atoms with Crippen LogP contribution >= 0.6 is 0 Å². The molecule has 0 saturated carbocycles. The Bertz CT molecular complexity index is 2720. The Hall–Kier alpha value is -7.64. The lowest BCUT2D eigenvalue weighted by atomic mass is 9.98. The van der Waals surface area contributed by atoms with E-state index in [0.717, 1.165) is 170 Å². The molecule has 8 rings (SSSR count). The molecule has 5 aliphatic rings. The molecule has 0 heterocycles. The number of nitro groups is 1. The number of nitro benzene ring substituents is 1. The molecule has 0 aliphatic heterocycles. The van der Waals surface area contributed by atoms with Gasteiger partial charge in [-0.15, -0.1) is 0 Å². The summed E-state index contributed by atoms with van der Waals surface area (Å²) in [6.45, 7) is 4.13. The number of aliphatic hydroxyl groups excluding tert-OH is 1. The van der Waals surface area contributed by atoms with E-state index in [1.54, 1.807) is 0 Å². The molecule has 19 nitrogen and oxygen atoms in total. The Labute approximate surface area is 538 Å². The van der Waals surface area contributed by atoms with E-state index in [9.17, 15) is 49.1 Å². The molecular formula is C72H101N3O16. The molecule has 19 heteroatoms. The van der Waals surface area contributed by atoms with Crippen LogP contribution in [0.15, 0.2) is 121 Å². The minimum atomic E-state index is -1.10. The number of non-ortho nitro benzene ring substituents is 1. The van der Waals surface area contributed by atoms with Gasteiger partial charge < -0.3 is 50.1 Å². The number of fused-ring (bicyclic) bond motifs is 3. The van der Waals surface area contributed by atoms with Crippen LogP contribution in [0.5, 0.6) is 5.75 Å². The van der Waals surface area contributed by atoms with Gasteiger partial charge in [0.05, 0.1) is 11.0 Å². The third kappa shape index (κ3) is 31.8. The monoisotopic (exact) mass is 1260 g/mol. The fraction of sp³-hybridized carbons (Fsp3) is 0.556. The second-order valence-electron chi connectivity index (χ2n) is 23.1. The standard InChI is InChI=1S/C31H37NO6.C16H27NO4.C15H17NO5.C8H14O.C2H6/c33-29(38-22-13-5-2-1-3-6-14-22)20-8-4-7-19-28(30(34)35)32-31(36)37-21-27-25-17-11-9-15-23(25)24-16-10-12-18-26(24)27;17-14(16(19)20)11-7-4-8-12-15(18)21-13-9-5-2-1-3-6-10-13;17-15(20-13-6-4-2-1-3-5-7-13)21-14-10-8-12(9-11-14)16(18)19;9-8-6-4-2-1-3-5-7-8;1-2/h1-2,9-12,15-18,22,27-28H,3-8,13-14,19-21H2,(H,32,36)(H,34,35);1-2,13-14H,3-12,17H2,(H,19,20);1-2,8-11,13H,3-7H2;1-2,8-9H,3-7H2;1-2H3/b4*2-1+;/t22?,28-;13?,14-;;;/m00.../s1. The summed E-state index contributed by atoms with van der Waals surface area (Å²) in [4.78, 5) is 80.4. The van der Waals surface area contributed by atoms with Crippen LogP contribution < -0.4 is 15.8 Å². The van der Waals surface area contributed by atoms with E-state index in [0.29, 0.717) is 38.5 Å². The van der Waals surface area contributed by atoms with Crippen LogP contribution in [0.3, 0.4) is 0 Å². The molecule has 3 aromatic rings. The van der Waals surface area contributed by atoms with E-state index >= 15 is 0 Å². The number of aliphatic hydroxyl groups is 1. The molecule has 0 aromatic heterocycles. The van der Waals surface area contributed by atoms with Crippen molar-refractivity contribution >= 4 is 41.8 Å². The predicted octanol–water partition coefficient (Wildman–Crippen LogP) is 16.0. The number of alkyl carbamates (subject to hydrolysis) is 1. The second kappa shape index (κ2) is 45.6. The number of amides is 1. The second-order valence-corrected chi connectivity index (χ2v) is 23.1. The van der Waals surface area contributed by atoms with E-state index in [2.05, 4.69) is 66.1 Å². The van der Waals surface area contributed by atoms with Gasteiger partial charge in [0, 0.05) is 30.9 Å². The summed E-state index contributed by atoms with van der Waals surface area (Å²) in [5, 5.41) is 40.4. The maximum atomic E-state index is 12.5. The van der Waals surface area contributed by atoms with Crippen LogP contribution in [0.2, 0.25) is 0 Å². The molecule has 6 atom stereocenters. The first-order valence-corrected chi connectivity index (χ1v) is 33.3. The third-order valence-electron chi connectivity index (χ3n) is 16.0. The van der Waals surface area contributed by atoms with Crippen LogP contribution in [-0.4, -0.2) is 99.5 Å². The van der Waals surface area contributed by atoms with E-state index in [1.165, 1.54) is 24.3 Å². The van der Waals surface area contributed by atoms with E-state index in [1.807, 2.05) is 50.2 Å². The van der Waals surface area contributed by atoms with Gasteiger partial charge >= 0.3 is 36.1 Å². The zero-order valence-electron chi connectivity index (χ0n) is 53.7. The topological polar surface area (TPSA) is 290 Å². The Kier molecular flexibility index (Phi) is 38.0. The number of nitrogens with two attached hydrogens (primary N) is 1. The molecule has 1 amide bonds. The summed E-state index contributed by atoms with van der Waals surface area (Å²) in [7, 11) is 0. The fourth-order valence-corrected chi connectivity index (χ4v) is 11.0. The number of allylic oxidation sites excluding steroid dienone is 8. The molecule has 0 spiro atoms. The number of carboxylic acid groups (broad SMARTS) is 2. The first-order valence-electron chi connectivity index (χ1n) is 33.3. The molecular weight excluding hydrogens is 1160 g/mol. The number of carbonyl (C=O) groups is 6. The van der Waals surface area contributed by atoms with Crippen molar-refractivity contribution in [1.82, 2.24) is 5.32 Å². The minimum absolute atomic E-state index is 0.00903. The average Bonchev–Trinajstić information content (AvgIpc) is 1.64. The largest absolute Gasteiger partial charge is 0.514 e. The fourth-order valence-electron chi connectivity index (χ4n) is 11.0. The van der Waals surface area contributed by atoms with Crippen molar-refractivity contribution in [2.75, 3.05) is 6.61 Å². The van der Waals surface area contributed by atoms with Crippen LogP contribution in [0.4, 0.5) is 15.3 Å². The smallest absolute Gasteiger partial charge is 0.480 e. The van der Waals surface area contributed by atoms with Gasteiger partial charge in [0.15, 0.2) is 0 Å². The van der Waals surface area contributed by atoms with Crippen molar-refractivity contribution < 1.29 is 72.7 Å². The molecule has 91 heavy (non-hydrogen) atoms. The van der Waals surface area contributed by atoms with Gasteiger partial charge in [-0.3, -0.25) is 24.5 Å². The first kappa shape index (κ1) is 75.8. The Morgan fingerprint density at radius 3 is 1.46 bits per heavy atom. The summed E-state index contributed by atoms with van der Waals surface area (Å²) in [6.07, 6.45) is 40.8. The summed E-state index contributed by atoms with van der Waals surface area (Å²) in [5.41, 5.74) is 9.82. The first-order chi connectivity index (χ1) is 44.2. The highest BCUT2D eigenvalue weighted by atomic mass is 16.7. The summed E-state index contributed by atoms with van der Waals surface area (Å²) < 4.78 is 26.9. The summed E-state index contributed by atoms with van der Waals surface area (Å²) in [5.74, 6) is -2.24. The number of carbonyl (C=O) groups excluding carboxylic acids is 4. The molecule has 500 valence electrons. The number of ether oxygens (including phenoxy) is 5. The van der Waals surface area contributed by atoms with Crippen LogP contribution in [0, 0.1) is 10.1 Å². The summed E-state index contributed by atoms with van der Waals surface area (Å²) >= 11 is 0. The van der Waals surface area contributed by atoms with E-state index < -0.39 is 41.2 Å². The highest BCUT2D eigenvalue weighted by molar-refractivity contribution is 5.81. The SMILES string of the molecule is CC.N[C@@H](CCCCCC(=O)OC1CC/C=C/CCC1)C(=O)O.O=C(CCCCC[C@H](NC(=O)OCC1c2ccccc2-c2ccccc21)C(=O)O)OC1CC/C=C/CCC1.O=C(Oc1ccc([N+](=O)[O-])cc1)OC1CC/C=C/CCC1.OC1CC/C=C/CCC1. The summed E-state index contributed by atoms with van der Waals surface area (Å²) in [6, 6.07) is 19.6. The number of aliphatic carboxylic acids is 2. The number of esters is 2. The highest BCUT2D eigenvalue weighted by Crippen LogP contribution is 2.44. The third-order valence-corrected chi connectivity index (χ3v) is 16.0. The number of nitrogens with zero attached hydrogens (tertiary/aromatic N) is 1. The van der Waals surface area contributed by atoms with Gasteiger partial charge in [0.25, 0.3) is 5.69 Å². The van der Waals surface area contributed by atoms with Crippen molar-refractivity contribution in [3.8, 4) is 16.9 Å². The number of unbranched alkanes of at least 4 members (excludes halogenated alkanes) is 4. The van der Waals surface area contributed by atoms with Crippen LogP contribution in [0.1, 0.15) is 224 Å². The van der Waals surface area contributed by atoms with E-state index in [-0.39, 0.29) is 66.7 Å². The zero-order valence-corrected chi connectivity index (χ0v) is 53.7. The molecule has 0 bridgehead atoms. The normalized spacial score (nSPS) is 20.6. The highest BCUT2D eigenvalue weighted by Gasteiger charge is 2.30. The quantitative estimate of drug-likeness (QED) is 0.0119. The Morgan fingerprint density at radius 2 is 0.989 bits per heavy atom. The van der Waals surface area contributed by atoms with Crippen molar-refractivity contribution in [2.24, 2.45) is 5.73 Å². The molecule has 6 N–H and O–H groups in total. The minimum Gasteiger partial charge on any atom is -0.480 e. The van der Waals surface area contributed by atoms with Crippen molar-refractivity contribution in [1.29, 1.82) is 0 Å². The van der Waals surface area contributed by atoms with Gasteiger partial charge in [0.2, 0.25) is 0 Å². The van der Waals surface area contributed by atoms with Crippen molar-refractivity contribution in [3.63, 3.8) is 0 Å². The lowest BCUT2D eigenvalue weighted by Crippen LogP contribution is -2.41. The Morgan fingerprint density at radius 1 is 0.549 bits per heavy atom. The lowest BCUT2D eigenvalue weighted by molar-refractivity contribution is -0.384. The predicted molar refractivity (Wildman–Crippen MR) is 351 cm³/mol. The maximum Gasteiger partial charge on any atom is 0.514 e. The van der Waals surface area contributed by atoms with Gasteiger partial charge in [-0.2, -0.15) is 0 Å². The number of hydrogen-bond acceptors (Lipinski definition) is 15. The molecule has 4 unspecified atom stereocenters. The molecule has 3 aromatic carbocycles. The maximum absolute atomic E-state index is 12.5. The number of benzene rings is 3. The van der Waals surface area contributed by atoms with Gasteiger partial charge in [-0.25, -0.2) is 14.4 Å². The number of rotatable bonds is 22. The number of carboxylic acids is 2.